The van der Waals surface area contributed by atoms with Gasteiger partial charge in [-0.15, -0.1) is 17.9 Å². The van der Waals surface area contributed by atoms with E-state index in [9.17, 15) is 0 Å². The molecular formula is C10H16OSSi. The van der Waals surface area contributed by atoms with Crippen LogP contribution < -0.4 is 4.50 Å². The Bertz CT molecular complexity index is 291. The SMILES string of the molecule is C=CC[Si](C)(C)c1ccc(CO)s1. The Kier molecular flexibility index (Phi) is 3.47. The van der Waals surface area contributed by atoms with E-state index < -0.39 is 8.07 Å². The number of hydrogen-bond acceptors (Lipinski definition) is 2. The lowest BCUT2D eigenvalue weighted by Crippen LogP contribution is -2.38. The molecule has 1 N–H and O–H groups in total. The van der Waals surface area contributed by atoms with E-state index in [-0.39, 0.29) is 6.61 Å². The van der Waals surface area contributed by atoms with E-state index in [0.29, 0.717) is 0 Å². The number of aliphatic hydroxyl groups excluding tert-OH is 1. The second kappa shape index (κ2) is 4.22. The lowest BCUT2D eigenvalue weighted by atomic mass is 10.5. The van der Waals surface area contributed by atoms with Crippen molar-refractivity contribution in [1.82, 2.24) is 0 Å². The van der Waals surface area contributed by atoms with Gasteiger partial charge >= 0.3 is 0 Å². The lowest BCUT2D eigenvalue weighted by Gasteiger charge is -2.17. The van der Waals surface area contributed by atoms with Crippen LogP contribution in [0, 0.1) is 0 Å². The van der Waals surface area contributed by atoms with Crippen molar-refractivity contribution >= 4 is 23.9 Å². The first-order valence-electron chi connectivity index (χ1n) is 4.41. The number of hydrogen-bond donors (Lipinski definition) is 1. The summed E-state index contributed by atoms with van der Waals surface area (Å²) in [4.78, 5) is 1.07. The van der Waals surface area contributed by atoms with Crippen LogP contribution in [-0.2, 0) is 6.61 Å². The highest BCUT2D eigenvalue weighted by Crippen LogP contribution is 2.16. The Morgan fingerprint density at radius 3 is 2.69 bits per heavy atom. The Morgan fingerprint density at radius 1 is 1.54 bits per heavy atom. The smallest absolute Gasteiger partial charge is 0.0971 e. The highest BCUT2D eigenvalue weighted by atomic mass is 32.1. The van der Waals surface area contributed by atoms with Gasteiger partial charge < -0.3 is 5.11 Å². The monoisotopic (exact) mass is 212 g/mol. The second-order valence-electron chi connectivity index (χ2n) is 3.80. The fourth-order valence-corrected chi connectivity index (χ4v) is 5.11. The zero-order valence-corrected chi connectivity index (χ0v) is 10.0. The van der Waals surface area contributed by atoms with Crippen molar-refractivity contribution < 1.29 is 5.11 Å². The number of allylic oxidation sites excluding steroid dienone is 1. The van der Waals surface area contributed by atoms with Crippen molar-refractivity contribution in [2.75, 3.05) is 0 Å². The molecule has 1 heterocycles. The van der Waals surface area contributed by atoms with Crippen LogP contribution in [0.1, 0.15) is 4.88 Å². The summed E-state index contributed by atoms with van der Waals surface area (Å²) in [7, 11) is -1.29. The molecule has 13 heavy (non-hydrogen) atoms. The Balaban J connectivity index is 2.86. The predicted octanol–water partition coefficient (Wildman–Crippen LogP) is 2.34. The molecule has 0 saturated heterocycles. The maximum Gasteiger partial charge on any atom is 0.0971 e. The minimum atomic E-state index is -1.29. The van der Waals surface area contributed by atoms with E-state index in [1.807, 2.05) is 12.1 Å². The summed E-state index contributed by atoms with van der Waals surface area (Å²) in [5, 5.41) is 8.95. The van der Waals surface area contributed by atoms with Gasteiger partial charge in [0, 0.05) is 4.88 Å². The Morgan fingerprint density at radius 2 is 2.23 bits per heavy atom. The quantitative estimate of drug-likeness (QED) is 0.600. The largest absolute Gasteiger partial charge is 0.391 e. The summed E-state index contributed by atoms with van der Waals surface area (Å²) in [6.45, 7) is 8.63. The molecule has 0 aliphatic carbocycles. The molecule has 0 atom stereocenters. The summed E-state index contributed by atoms with van der Waals surface area (Å²) in [6.07, 6.45) is 2.00. The fourth-order valence-electron chi connectivity index (χ4n) is 1.29. The summed E-state index contributed by atoms with van der Waals surface area (Å²) < 4.78 is 1.46. The highest BCUT2D eigenvalue weighted by Gasteiger charge is 2.23. The molecule has 0 aliphatic rings. The zero-order valence-electron chi connectivity index (χ0n) is 8.21. The number of rotatable bonds is 4. The molecule has 0 bridgehead atoms. The predicted molar refractivity (Wildman–Crippen MR) is 62.4 cm³/mol. The normalized spacial score (nSPS) is 11.6. The second-order valence-corrected chi connectivity index (χ2v) is 10.0. The average Bonchev–Trinajstić information content (AvgIpc) is 2.52. The van der Waals surface area contributed by atoms with Gasteiger partial charge in [0.1, 0.15) is 0 Å². The molecule has 3 heteroatoms. The molecule has 0 unspecified atom stereocenters. The standard InChI is InChI=1S/C10H16OSSi/c1-4-7-13(2,3)10-6-5-9(8-11)12-10/h4-6,11H,1,7-8H2,2-3H3. The molecule has 0 aliphatic heterocycles. The minimum Gasteiger partial charge on any atom is -0.391 e. The molecular weight excluding hydrogens is 196 g/mol. The lowest BCUT2D eigenvalue weighted by molar-refractivity contribution is 0.285. The molecule has 0 amide bonds. The van der Waals surface area contributed by atoms with Crippen LogP contribution in [0.3, 0.4) is 0 Å². The highest BCUT2D eigenvalue weighted by molar-refractivity contribution is 7.26. The minimum absolute atomic E-state index is 0.170. The van der Waals surface area contributed by atoms with Gasteiger partial charge in [0.15, 0.2) is 0 Å². The third-order valence-corrected chi connectivity index (χ3v) is 7.80. The Labute approximate surface area is 84.7 Å². The van der Waals surface area contributed by atoms with Crippen molar-refractivity contribution in [3.8, 4) is 0 Å². The molecule has 0 aromatic carbocycles. The molecule has 0 spiro atoms. The number of thiophene rings is 1. The van der Waals surface area contributed by atoms with Gasteiger partial charge in [-0.05, 0) is 16.6 Å². The summed E-state index contributed by atoms with van der Waals surface area (Å²) in [5.74, 6) is 0. The van der Waals surface area contributed by atoms with Gasteiger partial charge in [-0.25, -0.2) is 0 Å². The topological polar surface area (TPSA) is 20.2 Å². The van der Waals surface area contributed by atoms with Gasteiger partial charge in [0.05, 0.1) is 14.7 Å². The summed E-state index contributed by atoms with van der Waals surface area (Å²) in [6, 6.07) is 5.29. The van der Waals surface area contributed by atoms with E-state index in [1.54, 1.807) is 11.3 Å². The Hall–Kier alpha value is -0.383. The summed E-state index contributed by atoms with van der Waals surface area (Å²) >= 11 is 1.74. The van der Waals surface area contributed by atoms with Crippen LogP contribution in [0.15, 0.2) is 24.8 Å². The molecule has 72 valence electrons. The molecule has 1 aromatic rings. The first-order chi connectivity index (χ1) is 6.10. The van der Waals surface area contributed by atoms with Crippen LogP contribution in [0.25, 0.3) is 0 Å². The molecule has 1 nitrogen and oxygen atoms in total. The van der Waals surface area contributed by atoms with E-state index in [2.05, 4.69) is 25.7 Å². The van der Waals surface area contributed by atoms with Gasteiger partial charge in [-0.2, -0.15) is 0 Å². The first-order valence-corrected chi connectivity index (χ1v) is 8.43. The van der Waals surface area contributed by atoms with Crippen molar-refractivity contribution in [3.05, 3.63) is 29.7 Å². The van der Waals surface area contributed by atoms with Gasteiger partial charge in [-0.1, -0.05) is 25.2 Å². The average molecular weight is 212 g/mol. The van der Waals surface area contributed by atoms with E-state index in [0.717, 1.165) is 10.9 Å². The van der Waals surface area contributed by atoms with Gasteiger partial charge in [-0.3, -0.25) is 0 Å². The third-order valence-electron chi connectivity index (χ3n) is 2.14. The van der Waals surface area contributed by atoms with Gasteiger partial charge in [0.2, 0.25) is 0 Å². The van der Waals surface area contributed by atoms with E-state index in [1.165, 1.54) is 4.50 Å². The first kappa shape index (κ1) is 10.7. The van der Waals surface area contributed by atoms with E-state index in [4.69, 9.17) is 5.11 Å². The van der Waals surface area contributed by atoms with Crippen molar-refractivity contribution in [2.24, 2.45) is 0 Å². The van der Waals surface area contributed by atoms with Gasteiger partial charge in [0.25, 0.3) is 0 Å². The van der Waals surface area contributed by atoms with Crippen LogP contribution in [-0.4, -0.2) is 13.2 Å². The molecule has 1 rings (SSSR count). The fraction of sp³-hybridized carbons (Fsp3) is 0.400. The van der Waals surface area contributed by atoms with Crippen LogP contribution >= 0.6 is 11.3 Å². The molecule has 0 radical (unpaired) electrons. The van der Waals surface area contributed by atoms with Crippen LogP contribution in [0.4, 0.5) is 0 Å². The number of aliphatic hydroxyl groups is 1. The molecule has 0 fully saturated rings. The maximum atomic E-state index is 8.95. The van der Waals surface area contributed by atoms with Crippen molar-refractivity contribution in [1.29, 1.82) is 0 Å². The van der Waals surface area contributed by atoms with E-state index >= 15 is 0 Å². The maximum absolute atomic E-state index is 8.95. The third kappa shape index (κ3) is 2.53. The van der Waals surface area contributed by atoms with Crippen molar-refractivity contribution in [3.63, 3.8) is 0 Å². The van der Waals surface area contributed by atoms with Crippen LogP contribution in [0.2, 0.25) is 19.1 Å². The van der Waals surface area contributed by atoms with Crippen LogP contribution in [0.5, 0.6) is 0 Å². The summed E-state index contributed by atoms with van der Waals surface area (Å²) in [5.41, 5.74) is 0. The molecule has 1 aromatic heterocycles. The van der Waals surface area contributed by atoms with Crippen molar-refractivity contribution in [2.45, 2.75) is 25.7 Å². The molecule has 0 saturated carbocycles. The zero-order chi connectivity index (χ0) is 9.90.